The van der Waals surface area contributed by atoms with Gasteiger partial charge in [0.15, 0.2) is 0 Å². The molecule has 2 amide bonds. The van der Waals surface area contributed by atoms with Crippen LogP contribution in [0.3, 0.4) is 0 Å². The standard InChI is InChI=1S/C22H25N3O3S.C18H20BrClN2O3S/c1-16-2-3-18-14-19(4-5-20(18)24-16)27-12-8-17-6-10-25(11-7-17)22(26)28-15-21-23-9-13-29-21;19-14-1-2-15(20)16(11-14)24-9-5-13-3-7-22(8-4-13)18(23)25-12-17-21-6-10-26-17/h2-5,9,13-14,17H,6-8,10-12,15H2,1H3;1-2,6,10-11,13H,3-5,7-9,12H2. The maximum atomic E-state index is 12.2. The van der Waals surface area contributed by atoms with E-state index in [1.165, 1.54) is 22.7 Å². The molecule has 15 heteroatoms. The fourth-order valence-corrected chi connectivity index (χ4v) is 8.02. The number of carbonyl (C=O) groups excluding carboxylic acids is 2. The van der Waals surface area contributed by atoms with Crippen LogP contribution in [0.25, 0.3) is 10.9 Å². The van der Waals surface area contributed by atoms with Gasteiger partial charge in [0.05, 0.1) is 23.8 Å². The normalized spacial score (nSPS) is 15.0. The molecule has 0 radical (unpaired) electrons. The largest absolute Gasteiger partial charge is 0.494 e. The van der Waals surface area contributed by atoms with Gasteiger partial charge in [-0.2, -0.15) is 0 Å². The number of aryl methyl sites for hydroxylation is 1. The fourth-order valence-electron chi connectivity index (χ4n) is 6.45. The molecule has 2 saturated heterocycles. The lowest BCUT2D eigenvalue weighted by atomic mass is 9.94. The summed E-state index contributed by atoms with van der Waals surface area (Å²) in [7, 11) is 0. The molecule has 0 spiro atoms. The number of amides is 2. The summed E-state index contributed by atoms with van der Waals surface area (Å²) in [5.74, 6) is 2.70. The summed E-state index contributed by atoms with van der Waals surface area (Å²) in [5, 5.41) is 7.11. The molecule has 2 aliphatic rings. The molecule has 2 fully saturated rings. The predicted molar refractivity (Wildman–Crippen MR) is 219 cm³/mol. The molecule has 7 rings (SSSR count). The summed E-state index contributed by atoms with van der Waals surface area (Å²) in [6, 6.07) is 15.7. The van der Waals surface area contributed by atoms with Gasteiger partial charge in [-0.15, -0.1) is 22.7 Å². The van der Waals surface area contributed by atoms with Crippen LogP contribution in [0.4, 0.5) is 9.59 Å². The zero-order chi connectivity index (χ0) is 38.4. The van der Waals surface area contributed by atoms with E-state index >= 15 is 0 Å². The fraction of sp³-hybridized carbons (Fsp3) is 0.425. The van der Waals surface area contributed by atoms with Crippen LogP contribution in [0.15, 0.2) is 76.2 Å². The zero-order valence-corrected chi connectivity index (χ0v) is 34.7. The van der Waals surface area contributed by atoms with E-state index in [2.05, 4.69) is 36.9 Å². The summed E-state index contributed by atoms with van der Waals surface area (Å²) >= 11 is 12.5. The second-order valence-corrected chi connectivity index (χ2v) is 16.8. The Hall–Kier alpha value is -3.98. The highest BCUT2D eigenvalue weighted by atomic mass is 79.9. The van der Waals surface area contributed by atoms with Crippen molar-refractivity contribution in [3.05, 3.63) is 96.9 Å². The molecule has 5 aromatic rings. The van der Waals surface area contributed by atoms with Crippen LogP contribution in [0, 0.1) is 18.8 Å². The van der Waals surface area contributed by atoms with Gasteiger partial charge in [0, 0.05) is 64.9 Å². The minimum Gasteiger partial charge on any atom is -0.494 e. The summed E-state index contributed by atoms with van der Waals surface area (Å²) in [4.78, 5) is 40.6. The van der Waals surface area contributed by atoms with Gasteiger partial charge < -0.3 is 28.7 Å². The highest BCUT2D eigenvalue weighted by molar-refractivity contribution is 9.10. The van der Waals surface area contributed by atoms with E-state index in [1.54, 1.807) is 22.2 Å². The first-order valence-electron chi connectivity index (χ1n) is 18.5. The van der Waals surface area contributed by atoms with Crippen molar-refractivity contribution in [3.63, 3.8) is 0 Å². The summed E-state index contributed by atoms with van der Waals surface area (Å²) in [6.45, 7) is 6.72. The molecule has 5 heterocycles. The molecule has 292 valence electrons. The van der Waals surface area contributed by atoms with Crippen molar-refractivity contribution < 1.29 is 28.5 Å². The molecule has 11 nitrogen and oxygen atoms in total. The van der Waals surface area contributed by atoms with Crippen LogP contribution in [0.5, 0.6) is 11.5 Å². The van der Waals surface area contributed by atoms with Gasteiger partial charge in [0.1, 0.15) is 34.7 Å². The number of rotatable bonds is 12. The summed E-state index contributed by atoms with van der Waals surface area (Å²) in [6.07, 6.45) is 8.76. The van der Waals surface area contributed by atoms with E-state index in [9.17, 15) is 9.59 Å². The molecule has 55 heavy (non-hydrogen) atoms. The van der Waals surface area contributed by atoms with Crippen LogP contribution < -0.4 is 9.47 Å². The quantitative estimate of drug-likeness (QED) is 0.121. The lowest BCUT2D eigenvalue weighted by molar-refractivity contribution is 0.0792. The Morgan fingerprint density at radius 3 is 1.93 bits per heavy atom. The number of aromatic nitrogens is 3. The first-order valence-corrected chi connectivity index (χ1v) is 21.4. The lowest BCUT2D eigenvalue weighted by Gasteiger charge is -2.31. The average molecular weight is 871 g/mol. The van der Waals surface area contributed by atoms with Crippen LogP contribution in [-0.2, 0) is 22.7 Å². The maximum absolute atomic E-state index is 12.2. The highest BCUT2D eigenvalue weighted by Crippen LogP contribution is 2.29. The van der Waals surface area contributed by atoms with E-state index in [4.69, 9.17) is 30.5 Å². The van der Waals surface area contributed by atoms with Gasteiger partial charge >= 0.3 is 12.2 Å². The Bertz CT molecular complexity index is 1950. The molecule has 0 aliphatic carbocycles. The molecule has 0 saturated carbocycles. The number of pyridine rings is 1. The van der Waals surface area contributed by atoms with E-state index in [0.717, 1.165) is 102 Å². The number of likely N-dealkylation sites (tertiary alicyclic amines) is 2. The monoisotopic (exact) mass is 869 g/mol. The van der Waals surface area contributed by atoms with Crippen LogP contribution in [-0.4, -0.2) is 76.3 Å². The van der Waals surface area contributed by atoms with Crippen LogP contribution in [0.1, 0.15) is 54.2 Å². The second-order valence-electron chi connectivity index (χ2n) is 13.5. The molecule has 0 N–H and O–H groups in total. The van der Waals surface area contributed by atoms with Gasteiger partial charge in [-0.25, -0.2) is 19.6 Å². The second kappa shape index (κ2) is 20.8. The number of thiazole rings is 2. The van der Waals surface area contributed by atoms with Crippen molar-refractivity contribution in [2.75, 3.05) is 39.4 Å². The Kier molecular flexibility index (Phi) is 15.4. The third-order valence-electron chi connectivity index (χ3n) is 9.62. The van der Waals surface area contributed by atoms with Crippen molar-refractivity contribution in [1.29, 1.82) is 0 Å². The van der Waals surface area contributed by atoms with Gasteiger partial charge in [0.2, 0.25) is 0 Å². The minimum absolute atomic E-state index is 0.241. The van der Waals surface area contributed by atoms with Crippen molar-refractivity contribution >= 4 is 73.3 Å². The number of halogens is 2. The number of piperidine rings is 2. The van der Waals surface area contributed by atoms with Crippen molar-refractivity contribution in [3.8, 4) is 11.5 Å². The maximum Gasteiger partial charge on any atom is 0.410 e. The Morgan fingerprint density at radius 1 is 0.782 bits per heavy atom. The average Bonchev–Trinajstić information content (AvgIpc) is 3.94. The van der Waals surface area contributed by atoms with E-state index in [-0.39, 0.29) is 25.4 Å². The minimum atomic E-state index is -0.254. The molecule has 3 aromatic heterocycles. The Morgan fingerprint density at radius 2 is 1.36 bits per heavy atom. The van der Waals surface area contributed by atoms with Gasteiger partial charge in [0.25, 0.3) is 0 Å². The summed E-state index contributed by atoms with van der Waals surface area (Å²) in [5.41, 5.74) is 2.01. The Labute approximate surface area is 343 Å². The molecular weight excluding hydrogens is 826 g/mol. The van der Waals surface area contributed by atoms with E-state index < -0.39 is 0 Å². The summed E-state index contributed by atoms with van der Waals surface area (Å²) < 4.78 is 23.4. The van der Waals surface area contributed by atoms with Crippen LogP contribution >= 0.6 is 50.2 Å². The lowest BCUT2D eigenvalue weighted by Crippen LogP contribution is -2.39. The van der Waals surface area contributed by atoms with E-state index in [1.807, 2.05) is 60.1 Å². The van der Waals surface area contributed by atoms with Gasteiger partial charge in [-0.05, 0) is 99.7 Å². The third-order valence-corrected chi connectivity index (χ3v) is 11.9. The van der Waals surface area contributed by atoms with Crippen molar-refractivity contribution in [1.82, 2.24) is 24.8 Å². The zero-order valence-electron chi connectivity index (χ0n) is 30.7. The van der Waals surface area contributed by atoms with Crippen molar-refractivity contribution in [2.24, 2.45) is 11.8 Å². The number of nitrogens with zero attached hydrogens (tertiary/aromatic N) is 5. The SMILES string of the molecule is Cc1ccc2cc(OCCC3CCN(C(=O)OCc4nccs4)CC3)ccc2n1.O=C(OCc1nccs1)N1CCC(CCOc2cc(Br)ccc2Cl)CC1. The number of hydrogen-bond acceptors (Lipinski definition) is 11. The molecule has 0 bridgehead atoms. The molecule has 2 aromatic carbocycles. The van der Waals surface area contributed by atoms with Gasteiger partial charge in [-0.1, -0.05) is 33.6 Å². The first-order chi connectivity index (χ1) is 26.8. The third kappa shape index (κ3) is 12.8. The topological polar surface area (TPSA) is 116 Å². The van der Waals surface area contributed by atoms with E-state index in [0.29, 0.717) is 35.8 Å². The number of carbonyl (C=O) groups is 2. The molecular formula is C40H45BrClN5O6S2. The number of hydrogen-bond donors (Lipinski definition) is 0. The smallest absolute Gasteiger partial charge is 0.410 e. The number of ether oxygens (including phenoxy) is 4. The molecule has 0 atom stereocenters. The first kappa shape index (κ1) is 40.7. The number of fused-ring (bicyclic) bond motifs is 1. The molecule has 0 unspecified atom stereocenters. The predicted octanol–water partition coefficient (Wildman–Crippen LogP) is 10.2. The van der Waals surface area contributed by atoms with Gasteiger partial charge in [-0.3, -0.25) is 4.98 Å². The van der Waals surface area contributed by atoms with Crippen LogP contribution in [0.2, 0.25) is 5.02 Å². The number of benzene rings is 2. The van der Waals surface area contributed by atoms with Crippen molar-refractivity contribution in [2.45, 2.75) is 58.7 Å². The highest BCUT2D eigenvalue weighted by Gasteiger charge is 2.25. The Balaban J connectivity index is 0.000000188. The molecule has 2 aliphatic heterocycles.